The van der Waals surface area contributed by atoms with Crippen LogP contribution in [0.15, 0.2) is 78.9 Å². The lowest BCUT2D eigenvalue weighted by Gasteiger charge is -2.12. The molecule has 2 heteroatoms. The Morgan fingerprint density at radius 1 is 0.760 bits per heavy atom. The molecule has 0 atom stereocenters. The minimum Gasteiger partial charge on any atom is -0.378 e. The van der Waals surface area contributed by atoms with E-state index in [0.29, 0.717) is 6.42 Å². The lowest BCUT2D eigenvalue weighted by molar-refractivity contribution is 0.0983. The van der Waals surface area contributed by atoms with Crippen molar-refractivity contribution in [2.45, 2.75) is 12.8 Å². The molecule has 3 aromatic rings. The lowest BCUT2D eigenvalue weighted by Crippen LogP contribution is -2.08. The number of rotatable bonds is 6. The van der Waals surface area contributed by atoms with Gasteiger partial charge in [0.25, 0.3) is 0 Å². The molecule has 25 heavy (non-hydrogen) atoms. The number of carbonyl (C=O) groups is 1. The molecule has 3 rings (SSSR count). The molecule has 0 aliphatic heterocycles. The van der Waals surface area contributed by atoms with Crippen LogP contribution in [0.4, 0.5) is 5.69 Å². The van der Waals surface area contributed by atoms with Crippen LogP contribution >= 0.6 is 0 Å². The predicted octanol–water partition coefficient (Wildman–Crippen LogP) is 5.24. The van der Waals surface area contributed by atoms with Crippen LogP contribution in [0, 0.1) is 0 Å². The molecule has 0 radical (unpaired) electrons. The van der Waals surface area contributed by atoms with Gasteiger partial charge >= 0.3 is 0 Å². The Balaban J connectivity index is 1.61. The van der Waals surface area contributed by atoms with Crippen LogP contribution in [-0.4, -0.2) is 19.9 Å². The number of ketones is 1. The first-order valence-electron chi connectivity index (χ1n) is 8.58. The summed E-state index contributed by atoms with van der Waals surface area (Å²) in [6.07, 6.45) is 1.30. The zero-order chi connectivity index (χ0) is 17.6. The molecule has 0 spiro atoms. The van der Waals surface area contributed by atoms with E-state index in [4.69, 9.17) is 0 Å². The molecule has 126 valence electrons. The van der Waals surface area contributed by atoms with E-state index in [-0.39, 0.29) is 5.78 Å². The molecular formula is C23H23NO. The topological polar surface area (TPSA) is 20.3 Å². The van der Waals surface area contributed by atoms with Crippen molar-refractivity contribution in [1.29, 1.82) is 0 Å². The van der Waals surface area contributed by atoms with Gasteiger partial charge in [0, 0.05) is 31.8 Å². The minimum atomic E-state index is 0.191. The summed E-state index contributed by atoms with van der Waals surface area (Å²) in [5.74, 6) is 0.191. The second kappa shape index (κ2) is 7.80. The van der Waals surface area contributed by atoms with E-state index in [1.54, 1.807) is 0 Å². The van der Waals surface area contributed by atoms with Crippen molar-refractivity contribution in [3.05, 3.63) is 90.0 Å². The Kier molecular flexibility index (Phi) is 5.30. The van der Waals surface area contributed by atoms with Crippen LogP contribution in [0.1, 0.15) is 22.3 Å². The molecule has 3 aromatic carbocycles. The molecule has 0 saturated heterocycles. The maximum atomic E-state index is 12.4. The number of nitrogens with zero attached hydrogens (tertiary/aromatic N) is 1. The molecule has 0 aliphatic carbocycles. The number of hydrogen-bond donors (Lipinski definition) is 0. The number of benzene rings is 3. The van der Waals surface area contributed by atoms with Crippen molar-refractivity contribution in [2.24, 2.45) is 0 Å². The Morgan fingerprint density at radius 2 is 1.36 bits per heavy atom. The Morgan fingerprint density at radius 3 is 1.96 bits per heavy atom. The zero-order valence-corrected chi connectivity index (χ0v) is 14.8. The van der Waals surface area contributed by atoms with E-state index in [0.717, 1.165) is 17.5 Å². The Hall–Kier alpha value is -2.87. The predicted molar refractivity (Wildman–Crippen MR) is 105 cm³/mol. The van der Waals surface area contributed by atoms with Gasteiger partial charge in [-0.15, -0.1) is 0 Å². The van der Waals surface area contributed by atoms with E-state index >= 15 is 0 Å². The number of hydrogen-bond acceptors (Lipinski definition) is 2. The summed E-state index contributed by atoms with van der Waals surface area (Å²) in [5, 5.41) is 0. The zero-order valence-electron chi connectivity index (χ0n) is 14.8. The highest BCUT2D eigenvalue weighted by atomic mass is 16.1. The molecule has 0 saturated carbocycles. The van der Waals surface area contributed by atoms with E-state index in [1.165, 1.54) is 16.8 Å². The van der Waals surface area contributed by atoms with Crippen molar-refractivity contribution in [3.63, 3.8) is 0 Å². The molecule has 0 aliphatic rings. The summed E-state index contributed by atoms with van der Waals surface area (Å²) < 4.78 is 0. The third-order valence-electron chi connectivity index (χ3n) is 4.41. The SMILES string of the molecule is CN(C)c1ccc(CCC(=O)c2ccc(-c3ccccc3)cc2)cc1. The van der Waals surface area contributed by atoms with E-state index in [1.807, 2.05) is 56.6 Å². The average Bonchev–Trinajstić information content (AvgIpc) is 2.67. The minimum absolute atomic E-state index is 0.191. The lowest BCUT2D eigenvalue weighted by atomic mass is 9.99. The summed E-state index contributed by atoms with van der Waals surface area (Å²) in [6.45, 7) is 0. The summed E-state index contributed by atoms with van der Waals surface area (Å²) in [4.78, 5) is 14.5. The first-order chi connectivity index (χ1) is 12.1. The van der Waals surface area contributed by atoms with Gasteiger partial charge in [-0.25, -0.2) is 0 Å². The standard InChI is InChI=1S/C23H23NO/c1-24(2)22-15-8-18(9-16-22)10-17-23(25)21-13-11-20(12-14-21)19-6-4-3-5-7-19/h3-9,11-16H,10,17H2,1-2H3. The highest BCUT2D eigenvalue weighted by Crippen LogP contribution is 2.20. The van der Waals surface area contributed by atoms with Gasteiger partial charge in [-0.05, 0) is 35.2 Å². The van der Waals surface area contributed by atoms with E-state index < -0.39 is 0 Å². The van der Waals surface area contributed by atoms with E-state index in [9.17, 15) is 4.79 Å². The van der Waals surface area contributed by atoms with Crippen LogP contribution < -0.4 is 4.90 Å². The van der Waals surface area contributed by atoms with Gasteiger partial charge in [-0.1, -0.05) is 66.7 Å². The number of Topliss-reactive ketones (excluding diaryl/α,β-unsaturated/α-hetero) is 1. The highest BCUT2D eigenvalue weighted by Gasteiger charge is 2.07. The van der Waals surface area contributed by atoms with Crippen LogP contribution in [0.2, 0.25) is 0 Å². The molecular weight excluding hydrogens is 306 g/mol. The van der Waals surface area contributed by atoms with Crippen molar-refractivity contribution in [2.75, 3.05) is 19.0 Å². The van der Waals surface area contributed by atoms with Crippen LogP contribution in [0.25, 0.3) is 11.1 Å². The van der Waals surface area contributed by atoms with Crippen LogP contribution in [0.5, 0.6) is 0 Å². The summed E-state index contributed by atoms with van der Waals surface area (Å²) >= 11 is 0. The molecule has 0 heterocycles. The highest BCUT2D eigenvalue weighted by molar-refractivity contribution is 5.96. The summed E-state index contributed by atoms with van der Waals surface area (Å²) in [5.41, 5.74) is 5.45. The van der Waals surface area contributed by atoms with Gasteiger partial charge in [0.05, 0.1) is 0 Å². The average molecular weight is 329 g/mol. The molecule has 0 unspecified atom stereocenters. The van der Waals surface area contributed by atoms with Crippen molar-refractivity contribution in [1.82, 2.24) is 0 Å². The smallest absolute Gasteiger partial charge is 0.163 e. The number of anilines is 1. The van der Waals surface area contributed by atoms with Crippen molar-refractivity contribution in [3.8, 4) is 11.1 Å². The van der Waals surface area contributed by atoms with Gasteiger partial charge < -0.3 is 4.90 Å². The van der Waals surface area contributed by atoms with Crippen LogP contribution in [-0.2, 0) is 6.42 Å². The van der Waals surface area contributed by atoms with Gasteiger partial charge in [0.1, 0.15) is 0 Å². The van der Waals surface area contributed by atoms with Gasteiger partial charge in [-0.2, -0.15) is 0 Å². The second-order valence-electron chi connectivity index (χ2n) is 6.43. The third kappa shape index (κ3) is 4.36. The van der Waals surface area contributed by atoms with E-state index in [2.05, 4.69) is 41.3 Å². The Bertz CT molecular complexity index is 818. The fraction of sp³-hybridized carbons (Fsp3) is 0.174. The number of carbonyl (C=O) groups excluding carboxylic acids is 1. The quantitative estimate of drug-likeness (QED) is 0.577. The maximum Gasteiger partial charge on any atom is 0.163 e. The van der Waals surface area contributed by atoms with Crippen molar-refractivity contribution >= 4 is 11.5 Å². The molecule has 0 N–H and O–H groups in total. The molecule has 2 nitrogen and oxygen atoms in total. The monoisotopic (exact) mass is 329 g/mol. The fourth-order valence-corrected chi connectivity index (χ4v) is 2.84. The Labute approximate surface area is 149 Å². The molecule has 0 fully saturated rings. The first kappa shape index (κ1) is 17.0. The molecule has 0 aromatic heterocycles. The van der Waals surface area contributed by atoms with Gasteiger partial charge in [0.2, 0.25) is 0 Å². The second-order valence-corrected chi connectivity index (χ2v) is 6.43. The number of aryl methyl sites for hydroxylation is 1. The summed E-state index contributed by atoms with van der Waals surface area (Å²) in [6, 6.07) is 26.5. The van der Waals surface area contributed by atoms with Crippen LogP contribution in [0.3, 0.4) is 0 Å². The molecule has 0 bridgehead atoms. The van der Waals surface area contributed by atoms with Gasteiger partial charge in [0.15, 0.2) is 5.78 Å². The third-order valence-corrected chi connectivity index (χ3v) is 4.41. The fourth-order valence-electron chi connectivity index (χ4n) is 2.84. The first-order valence-corrected chi connectivity index (χ1v) is 8.58. The largest absolute Gasteiger partial charge is 0.378 e. The van der Waals surface area contributed by atoms with Crippen molar-refractivity contribution < 1.29 is 4.79 Å². The summed E-state index contributed by atoms with van der Waals surface area (Å²) in [7, 11) is 4.05. The molecule has 0 amide bonds. The normalized spacial score (nSPS) is 10.5. The van der Waals surface area contributed by atoms with Gasteiger partial charge in [-0.3, -0.25) is 4.79 Å². The maximum absolute atomic E-state index is 12.4.